The van der Waals surface area contributed by atoms with Crippen LogP contribution >= 0.6 is 11.6 Å². The molecule has 0 spiro atoms. The number of aliphatic hydroxyl groups is 1. The van der Waals surface area contributed by atoms with Crippen molar-refractivity contribution in [3.63, 3.8) is 0 Å². The highest BCUT2D eigenvalue weighted by atomic mass is 35.5. The normalized spacial score (nSPS) is 40.3. The molecule has 0 amide bonds. The number of phenolic OH excluding ortho intramolecular Hbond substituents is 1. The van der Waals surface area contributed by atoms with E-state index in [9.17, 15) is 10.2 Å². The van der Waals surface area contributed by atoms with E-state index in [1.54, 1.807) is 6.07 Å². The van der Waals surface area contributed by atoms with Gasteiger partial charge in [0.2, 0.25) is 0 Å². The number of alkyl halides is 2. The molecule has 1 aromatic carbocycles. The predicted molar refractivity (Wildman–Crippen MR) is 107 cm³/mol. The van der Waals surface area contributed by atoms with Crippen LogP contribution in [-0.2, 0) is 6.42 Å². The predicted octanol–water partition coefficient (Wildman–Crippen LogP) is 5.58. The van der Waals surface area contributed by atoms with E-state index >= 15 is 4.39 Å². The minimum absolute atomic E-state index is 0.0873. The van der Waals surface area contributed by atoms with E-state index in [1.165, 1.54) is 0 Å². The molecule has 0 heterocycles. The number of hydrogen-bond acceptors (Lipinski definition) is 2. The van der Waals surface area contributed by atoms with E-state index in [1.807, 2.05) is 12.1 Å². The first kappa shape index (κ1) is 19.5. The maximum atomic E-state index is 15.6. The minimum atomic E-state index is -0.919. The lowest BCUT2D eigenvalue weighted by molar-refractivity contribution is -0.0722. The quantitative estimate of drug-likeness (QED) is 0.505. The first-order valence-corrected chi connectivity index (χ1v) is 11.2. The second-order valence-electron chi connectivity index (χ2n) is 9.41. The Morgan fingerprint density at radius 2 is 2.04 bits per heavy atom. The van der Waals surface area contributed by atoms with Crippen LogP contribution < -0.4 is 0 Å². The fourth-order valence-corrected chi connectivity index (χ4v) is 6.90. The summed E-state index contributed by atoms with van der Waals surface area (Å²) in [6.07, 6.45) is 6.26. The van der Waals surface area contributed by atoms with Crippen LogP contribution in [0.2, 0.25) is 0 Å². The van der Waals surface area contributed by atoms with Crippen molar-refractivity contribution < 1.29 is 14.6 Å². The Bertz CT molecular complexity index is 680. The van der Waals surface area contributed by atoms with E-state index in [-0.39, 0.29) is 23.2 Å². The van der Waals surface area contributed by atoms with Crippen molar-refractivity contribution in [3.05, 3.63) is 29.3 Å². The van der Waals surface area contributed by atoms with Gasteiger partial charge in [-0.05, 0) is 85.0 Å². The van der Waals surface area contributed by atoms with Gasteiger partial charge >= 0.3 is 0 Å². The Kier molecular flexibility index (Phi) is 5.46. The molecule has 0 bridgehead atoms. The highest BCUT2D eigenvalue weighted by Gasteiger charge is 2.59. The van der Waals surface area contributed by atoms with Gasteiger partial charge in [0, 0.05) is 11.8 Å². The molecule has 0 unspecified atom stereocenters. The third-order valence-electron chi connectivity index (χ3n) is 7.98. The molecule has 3 aliphatic carbocycles. The molecule has 2 saturated carbocycles. The van der Waals surface area contributed by atoms with Crippen molar-refractivity contribution in [2.45, 2.75) is 76.5 Å². The summed E-state index contributed by atoms with van der Waals surface area (Å²) in [7, 11) is 0. The summed E-state index contributed by atoms with van der Waals surface area (Å²) in [4.78, 5) is 0. The molecule has 4 rings (SSSR count). The highest BCUT2D eigenvalue weighted by Crippen LogP contribution is 2.63. The zero-order chi connectivity index (χ0) is 19.2. The molecule has 2 fully saturated rings. The number of benzene rings is 1. The van der Waals surface area contributed by atoms with E-state index in [2.05, 4.69) is 6.92 Å². The van der Waals surface area contributed by atoms with Crippen molar-refractivity contribution in [1.29, 1.82) is 0 Å². The number of fused-ring (bicyclic) bond motifs is 5. The van der Waals surface area contributed by atoms with Crippen molar-refractivity contribution in [3.8, 4) is 5.75 Å². The van der Waals surface area contributed by atoms with E-state index in [0.717, 1.165) is 56.1 Å². The maximum absolute atomic E-state index is 15.6. The van der Waals surface area contributed by atoms with E-state index in [0.29, 0.717) is 30.1 Å². The number of aromatic hydroxyl groups is 1. The summed E-state index contributed by atoms with van der Waals surface area (Å²) < 4.78 is 15.6. The molecule has 0 saturated heterocycles. The largest absolute Gasteiger partial charge is 0.508 e. The van der Waals surface area contributed by atoms with Crippen molar-refractivity contribution in [2.24, 2.45) is 23.2 Å². The van der Waals surface area contributed by atoms with Crippen LogP contribution in [0.1, 0.15) is 68.9 Å². The van der Waals surface area contributed by atoms with Crippen LogP contribution in [0.25, 0.3) is 0 Å². The molecule has 2 nitrogen and oxygen atoms in total. The number of halogens is 2. The number of rotatable bonds is 5. The molecule has 0 aromatic heterocycles. The Morgan fingerprint density at radius 3 is 2.81 bits per heavy atom. The lowest BCUT2D eigenvalue weighted by atomic mass is 9.51. The first-order valence-electron chi connectivity index (χ1n) is 10.7. The number of phenols is 1. The SMILES string of the molecule is C[C@]12C[C@H](F)[C@@H]3c4ccc(O)cc4C[C@@H](CCCCCCl)[C@H]3[C@@H]1CC[C@@H]2O. The summed E-state index contributed by atoms with van der Waals surface area (Å²) in [5.41, 5.74) is 1.94. The lowest BCUT2D eigenvalue weighted by Crippen LogP contribution is -2.51. The molecule has 2 N–H and O–H groups in total. The van der Waals surface area contributed by atoms with Gasteiger partial charge in [0.25, 0.3) is 0 Å². The van der Waals surface area contributed by atoms with Gasteiger partial charge in [0.1, 0.15) is 11.9 Å². The Hall–Kier alpha value is -0.800. The minimum Gasteiger partial charge on any atom is -0.508 e. The second-order valence-corrected chi connectivity index (χ2v) is 9.79. The van der Waals surface area contributed by atoms with E-state index in [4.69, 9.17) is 11.6 Å². The van der Waals surface area contributed by atoms with Crippen molar-refractivity contribution in [1.82, 2.24) is 0 Å². The van der Waals surface area contributed by atoms with Gasteiger partial charge in [0.15, 0.2) is 0 Å². The average Bonchev–Trinajstić information content (AvgIpc) is 2.92. The summed E-state index contributed by atoms with van der Waals surface area (Å²) in [6, 6.07) is 5.51. The summed E-state index contributed by atoms with van der Waals surface area (Å²) in [5.74, 6) is 2.00. The third-order valence-corrected chi connectivity index (χ3v) is 8.25. The summed E-state index contributed by atoms with van der Waals surface area (Å²) in [5, 5.41) is 20.6. The van der Waals surface area contributed by atoms with Gasteiger partial charge in [-0.25, -0.2) is 4.39 Å². The zero-order valence-electron chi connectivity index (χ0n) is 16.2. The van der Waals surface area contributed by atoms with Gasteiger partial charge in [-0.2, -0.15) is 0 Å². The summed E-state index contributed by atoms with van der Waals surface area (Å²) in [6.45, 7) is 2.12. The van der Waals surface area contributed by atoms with Gasteiger partial charge in [-0.15, -0.1) is 11.6 Å². The fraction of sp³-hybridized carbons (Fsp3) is 0.739. The first-order chi connectivity index (χ1) is 13.0. The Morgan fingerprint density at radius 1 is 1.22 bits per heavy atom. The second kappa shape index (κ2) is 7.55. The Labute approximate surface area is 167 Å². The third kappa shape index (κ3) is 3.29. The van der Waals surface area contributed by atoms with Crippen LogP contribution in [0.3, 0.4) is 0 Å². The monoisotopic (exact) mass is 394 g/mol. The van der Waals surface area contributed by atoms with Crippen LogP contribution in [0, 0.1) is 23.2 Å². The molecule has 1 aromatic rings. The number of hydrogen-bond donors (Lipinski definition) is 2. The van der Waals surface area contributed by atoms with Gasteiger partial charge in [0.05, 0.1) is 6.10 Å². The van der Waals surface area contributed by atoms with Crippen LogP contribution in [0.5, 0.6) is 5.75 Å². The molecule has 7 atom stereocenters. The maximum Gasteiger partial charge on any atom is 0.115 e. The Balaban J connectivity index is 1.69. The van der Waals surface area contributed by atoms with Crippen LogP contribution in [0.4, 0.5) is 4.39 Å². The molecule has 0 radical (unpaired) electrons. The molecule has 27 heavy (non-hydrogen) atoms. The average molecular weight is 395 g/mol. The summed E-state index contributed by atoms with van der Waals surface area (Å²) >= 11 is 5.84. The number of unbranched alkanes of at least 4 members (excludes halogenated alkanes) is 2. The van der Waals surface area contributed by atoms with Crippen LogP contribution in [0.15, 0.2) is 18.2 Å². The molecule has 0 aliphatic heterocycles. The number of aliphatic hydroxyl groups excluding tert-OH is 1. The van der Waals surface area contributed by atoms with Gasteiger partial charge < -0.3 is 10.2 Å². The topological polar surface area (TPSA) is 40.5 Å². The fourth-order valence-electron chi connectivity index (χ4n) is 6.71. The smallest absolute Gasteiger partial charge is 0.115 e. The van der Waals surface area contributed by atoms with Gasteiger partial charge in [-0.3, -0.25) is 0 Å². The molecule has 4 heteroatoms. The van der Waals surface area contributed by atoms with E-state index < -0.39 is 6.17 Å². The van der Waals surface area contributed by atoms with Gasteiger partial charge in [-0.1, -0.05) is 25.8 Å². The molecular formula is C23H32ClFO2. The highest BCUT2D eigenvalue weighted by molar-refractivity contribution is 6.17. The molecule has 150 valence electrons. The standard InChI is InChI=1S/C23H32ClFO2/c1-23-13-19(25)22-17-7-6-16(26)12-15(17)11-14(5-3-2-4-10-24)21(22)18(23)8-9-20(23)27/h6-7,12,14,18-22,26-27H,2-5,8-11,13H2,1H3/t14-,18+,19+,20+,21+,22+,23+/m1/s1. The van der Waals surface area contributed by atoms with Crippen LogP contribution in [-0.4, -0.2) is 28.4 Å². The zero-order valence-corrected chi connectivity index (χ0v) is 17.0. The molecular weight excluding hydrogens is 363 g/mol. The molecule has 3 aliphatic rings. The van der Waals surface area contributed by atoms with Crippen molar-refractivity contribution >= 4 is 11.6 Å². The van der Waals surface area contributed by atoms with Crippen molar-refractivity contribution in [2.75, 3.05) is 5.88 Å². The lowest BCUT2D eigenvalue weighted by Gasteiger charge is -2.54.